The summed E-state index contributed by atoms with van der Waals surface area (Å²) in [6.07, 6.45) is 1.23. The van der Waals surface area contributed by atoms with E-state index in [2.05, 4.69) is 0 Å². The van der Waals surface area contributed by atoms with Gasteiger partial charge in [-0.05, 0) is 61.4 Å². The van der Waals surface area contributed by atoms with Crippen LogP contribution in [0, 0.1) is 0 Å². The van der Waals surface area contributed by atoms with E-state index in [9.17, 15) is 9.59 Å². The Labute approximate surface area is 158 Å². The monoisotopic (exact) mass is 369 g/mol. The van der Waals surface area contributed by atoms with E-state index in [-0.39, 0.29) is 18.0 Å². The summed E-state index contributed by atoms with van der Waals surface area (Å²) in [6.45, 7) is 1.05. The first-order valence-electron chi connectivity index (χ1n) is 8.89. The molecule has 3 rings (SSSR count). The van der Waals surface area contributed by atoms with Crippen LogP contribution in [0.3, 0.4) is 0 Å². The third-order valence-electron chi connectivity index (χ3n) is 4.60. The Hall–Kier alpha value is -3.02. The molecule has 1 aliphatic rings. The van der Waals surface area contributed by atoms with Crippen molar-refractivity contribution in [2.75, 3.05) is 27.3 Å². The Balaban J connectivity index is 1.60. The van der Waals surface area contributed by atoms with Crippen LogP contribution < -0.4 is 9.47 Å². The summed E-state index contributed by atoms with van der Waals surface area (Å²) in [7, 11) is 3.16. The Morgan fingerprint density at radius 3 is 2.00 bits per heavy atom. The van der Waals surface area contributed by atoms with Crippen LogP contribution in [0.4, 0.5) is 0 Å². The van der Waals surface area contributed by atoms with Gasteiger partial charge in [0.05, 0.1) is 26.3 Å². The zero-order valence-corrected chi connectivity index (χ0v) is 15.5. The summed E-state index contributed by atoms with van der Waals surface area (Å²) in [6, 6.07) is 13.8. The Morgan fingerprint density at radius 1 is 0.889 bits per heavy atom. The smallest absolute Gasteiger partial charge is 0.338 e. The van der Waals surface area contributed by atoms with Gasteiger partial charge in [0, 0.05) is 12.1 Å². The maximum atomic E-state index is 12.7. The predicted octanol–water partition coefficient (Wildman–Crippen LogP) is 3.17. The van der Waals surface area contributed by atoms with Crippen LogP contribution in [-0.4, -0.2) is 50.2 Å². The maximum absolute atomic E-state index is 12.7. The second-order valence-corrected chi connectivity index (χ2v) is 6.38. The molecule has 0 bridgehead atoms. The van der Waals surface area contributed by atoms with Crippen LogP contribution in [-0.2, 0) is 4.74 Å². The highest BCUT2D eigenvalue weighted by Crippen LogP contribution is 2.20. The molecule has 0 aliphatic carbocycles. The fourth-order valence-electron chi connectivity index (χ4n) is 3.08. The highest BCUT2D eigenvalue weighted by Gasteiger charge is 2.27. The molecule has 0 N–H and O–H groups in total. The molecular weight excluding hydrogens is 346 g/mol. The number of hydrogen-bond donors (Lipinski definition) is 0. The van der Waals surface area contributed by atoms with Gasteiger partial charge >= 0.3 is 5.97 Å². The number of carbonyl (C=O) groups is 2. The normalized spacial score (nSPS) is 16.5. The first-order valence-corrected chi connectivity index (χ1v) is 8.89. The highest BCUT2D eigenvalue weighted by atomic mass is 16.5. The van der Waals surface area contributed by atoms with Gasteiger partial charge in [-0.1, -0.05) is 0 Å². The number of ether oxygens (including phenoxy) is 3. The zero-order valence-electron chi connectivity index (χ0n) is 15.5. The zero-order chi connectivity index (χ0) is 19.2. The number of carbonyl (C=O) groups excluding carboxylic acids is 2. The van der Waals surface area contributed by atoms with Crippen LogP contribution in [0.25, 0.3) is 0 Å². The van der Waals surface area contributed by atoms with Gasteiger partial charge in [0.25, 0.3) is 5.91 Å². The maximum Gasteiger partial charge on any atom is 0.338 e. The number of piperidine rings is 1. The molecule has 1 amide bonds. The largest absolute Gasteiger partial charge is 0.497 e. The van der Waals surface area contributed by atoms with E-state index in [1.54, 1.807) is 67.7 Å². The standard InChI is InChI=1S/C21H23NO5/c1-25-17-9-5-15(6-10-17)20(23)22-13-3-4-19(14-22)27-21(24)16-7-11-18(26-2)12-8-16/h5-12,19H,3-4,13-14H2,1-2H3. The van der Waals surface area contributed by atoms with Gasteiger partial charge in [-0.3, -0.25) is 4.79 Å². The lowest BCUT2D eigenvalue weighted by Crippen LogP contribution is -2.43. The summed E-state index contributed by atoms with van der Waals surface area (Å²) in [4.78, 5) is 26.8. The van der Waals surface area contributed by atoms with Crippen molar-refractivity contribution in [1.82, 2.24) is 4.90 Å². The average molecular weight is 369 g/mol. The molecule has 27 heavy (non-hydrogen) atoms. The number of hydrogen-bond acceptors (Lipinski definition) is 5. The summed E-state index contributed by atoms with van der Waals surface area (Å²) in [5.41, 5.74) is 1.06. The summed E-state index contributed by atoms with van der Waals surface area (Å²) in [5, 5.41) is 0. The number of amides is 1. The van der Waals surface area contributed by atoms with E-state index in [4.69, 9.17) is 14.2 Å². The topological polar surface area (TPSA) is 65.1 Å². The van der Waals surface area contributed by atoms with Crippen molar-refractivity contribution >= 4 is 11.9 Å². The molecular formula is C21H23NO5. The van der Waals surface area contributed by atoms with Crippen molar-refractivity contribution in [3.63, 3.8) is 0 Å². The number of methoxy groups -OCH3 is 2. The lowest BCUT2D eigenvalue weighted by Gasteiger charge is -2.32. The van der Waals surface area contributed by atoms with Crippen LogP contribution in [0.1, 0.15) is 33.6 Å². The summed E-state index contributed by atoms with van der Waals surface area (Å²) in [5.74, 6) is 0.932. The minimum absolute atomic E-state index is 0.0668. The van der Waals surface area contributed by atoms with Crippen molar-refractivity contribution < 1.29 is 23.8 Å². The quantitative estimate of drug-likeness (QED) is 0.758. The van der Waals surface area contributed by atoms with Gasteiger partial charge in [-0.2, -0.15) is 0 Å². The molecule has 1 heterocycles. The second kappa shape index (κ2) is 8.58. The van der Waals surface area contributed by atoms with Crippen LogP contribution in [0.2, 0.25) is 0 Å². The van der Waals surface area contributed by atoms with Gasteiger partial charge in [0.15, 0.2) is 0 Å². The average Bonchev–Trinajstić information content (AvgIpc) is 2.73. The van der Waals surface area contributed by atoms with E-state index in [1.165, 1.54) is 0 Å². The minimum atomic E-state index is -0.388. The van der Waals surface area contributed by atoms with Crippen molar-refractivity contribution in [2.24, 2.45) is 0 Å². The third-order valence-corrected chi connectivity index (χ3v) is 4.60. The van der Waals surface area contributed by atoms with Gasteiger partial charge < -0.3 is 19.1 Å². The molecule has 1 atom stereocenters. The van der Waals surface area contributed by atoms with Crippen molar-refractivity contribution in [1.29, 1.82) is 0 Å². The lowest BCUT2D eigenvalue weighted by molar-refractivity contribution is 0.00720. The molecule has 0 spiro atoms. The fourth-order valence-corrected chi connectivity index (χ4v) is 3.08. The highest BCUT2D eigenvalue weighted by molar-refractivity contribution is 5.94. The third kappa shape index (κ3) is 4.58. The van der Waals surface area contributed by atoms with Crippen molar-refractivity contribution in [3.8, 4) is 11.5 Å². The van der Waals surface area contributed by atoms with E-state index >= 15 is 0 Å². The molecule has 1 aliphatic heterocycles. The SMILES string of the molecule is COc1ccc(C(=O)OC2CCCN(C(=O)c3ccc(OC)cc3)C2)cc1. The van der Waals surface area contributed by atoms with Crippen LogP contribution in [0.15, 0.2) is 48.5 Å². The fraction of sp³-hybridized carbons (Fsp3) is 0.333. The van der Waals surface area contributed by atoms with Gasteiger partial charge in [-0.25, -0.2) is 4.79 Å². The van der Waals surface area contributed by atoms with Gasteiger partial charge in [-0.15, -0.1) is 0 Å². The molecule has 6 nitrogen and oxygen atoms in total. The molecule has 1 saturated heterocycles. The Bertz CT molecular complexity index is 785. The van der Waals surface area contributed by atoms with Crippen LogP contribution in [0.5, 0.6) is 11.5 Å². The van der Waals surface area contributed by atoms with E-state index in [0.717, 1.165) is 12.8 Å². The number of esters is 1. The summed E-state index contributed by atoms with van der Waals surface area (Å²) >= 11 is 0. The molecule has 6 heteroatoms. The first kappa shape index (κ1) is 18.8. The van der Waals surface area contributed by atoms with Crippen molar-refractivity contribution in [3.05, 3.63) is 59.7 Å². The molecule has 2 aromatic rings. The number of likely N-dealkylation sites (tertiary alicyclic amines) is 1. The number of nitrogens with zero attached hydrogens (tertiary/aromatic N) is 1. The Morgan fingerprint density at radius 2 is 1.44 bits per heavy atom. The molecule has 1 fully saturated rings. The molecule has 1 unspecified atom stereocenters. The first-order chi connectivity index (χ1) is 13.1. The molecule has 2 aromatic carbocycles. The van der Waals surface area contributed by atoms with Gasteiger partial charge in [0.2, 0.25) is 0 Å². The molecule has 0 aromatic heterocycles. The minimum Gasteiger partial charge on any atom is -0.497 e. The van der Waals surface area contributed by atoms with E-state index < -0.39 is 0 Å². The van der Waals surface area contributed by atoms with Gasteiger partial charge in [0.1, 0.15) is 17.6 Å². The lowest BCUT2D eigenvalue weighted by atomic mass is 10.1. The summed E-state index contributed by atoms with van der Waals surface area (Å²) < 4.78 is 15.8. The van der Waals surface area contributed by atoms with Crippen LogP contribution >= 0.6 is 0 Å². The number of benzene rings is 2. The molecule has 142 valence electrons. The Kier molecular flexibility index (Phi) is 5.96. The van der Waals surface area contributed by atoms with Crippen molar-refractivity contribution in [2.45, 2.75) is 18.9 Å². The molecule has 0 radical (unpaired) electrons. The molecule has 0 saturated carbocycles. The van der Waals surface area contributed by atoms with E-state index in [1.807, 2.05) is 0 Å². The second-order valence-electron chi connectivity index (χ2n) is 6.38. The predicted molar refractivity (Wildman–Crippen MR) is 100 cm³/mol. The van der Waals surface area contributed by atoms with E-state index in [0.29, 0.717) is 35.7 Å². The number of rotatable bonds is 5.